The Morgan fingerprint density at radius 2 is 1.83 bits per heavy atom. The summed E-state index contributed by atoms with van der Waals surface area (Å²) in [6, 6.07) is 0. The molecule has 0 spiro atoms. The summed E-state index contributed by atoms with van der Waals surface area (Å²) in [6.07, 6.45) is 0. The zero-order valence-corrected chi connectivity index (χ0v) is 8.09. The smallest absolute Gasteiger partial charge is 0.403 e. The van der Waals surface area contributed by atoms with Gasteiger partial charge < -0.3 is 9.84 Å². The van der Waals surface area contributed by atoms with Gasteiger partial charge in [-0.15, -0.1) is 0 Å². The van der Waals surface area contributed by atoms with Gasteiger partial charge in [-0.25, -0.2) is 4.79 Å². The molecular formula is C7H13ClO4. The van der Waals surface area contributed by atoms with E-state index in [1.807, 2.05) is 0 Å². The van der Waals surface area contributed by atoms with Crippen molar-refractivity contribution in [1.82, 2.24) is 0 Å². The Morgan fingerprint density at radius 3 is 1.83 bits per heavy atom. The minimum absolute atomic E-state index is 0.231. The molecule has 0 aliphatic carbocycles. The van der Waals surface area contributed by atoms with Crippen molar-refractivity contribution < 1.29 is 19.4 Å². The van der Waals surface area contributed by atoms with E-state index in [1.54, 1.807) is 20.8 Å². The zero-order chi connectivity index (χ0) is 10.1. The SMILES string of the molecule is CC(C)C(=O)O.CCOC(=O)Cl. The number of carbonyl (C=O) groups is 2. The molecule has 0 atom stereocenters. The number of hydrogen-bond acceptors (Lipinski definition) is 3. The topological polar surface area (TPSA) is 63.6 Å². The van der Waals surface area contributed by atoms with Crippen LogP contribution < -0.4 is 0 Å². The summed E-state index contributed by atoms with van der Waals surface area (Å²) >= 11 is 4.72. The summed E-state index contributed by atoms with van der Waals surface area (Å²) < 4.78 is 4.17. The van der Waals surface area contributed by atoms with Crippen LogP contribution in [-0.4, -0.2) is 23.1 Å². The highest BCUT2D eigenvalue weighted by Gasteiger charge is 1.99. The van der Waals surface area contributed by atoms with Gasteiger partial charge in [0.05, 0.1) is 12.5 Å². The third-order valence-corrected chi connectivity index (χ3v) is 0.861. The Hall–Kier alpha value is -0.770. The molecule has 0 saturated heterocycles. The number of halogens is 1. The third kappa shape index (κ3) is 16.1. The third-order valence-electron chi connectivity index (χ3n) is 0.752. The van der Waals surface area contributed by atoms with Crippen LogP contribution in [0.2, 0.25) is 0 Å². The molecule has 0 unspecified atom stereocenters. The second-order valence-corrected chi connectivity index (χ2v) is 2.47. The van der Waals surface area contributed by atoms with E-state index in [4.69, 9.17) is 16.7 Å². The number of carbonyl (C=O) groups excluding carboxylic acids is 1. The quantitative estimate of drug-likeness (QED) is 0.687. The molecule has 72 valence electrons. The Bertz CT molecular complexity index is 144. The van der Waals surface area contributed by atoms with E-state index in [9.17, 15) is 9.59 Å². The summed E-state index contributed by atoms with van der Waals surface area (Å²) in [6.45, 7) is 5.33. The predicted molar refractivity (Wildman–Crippen MR) is 45.3 cm³/mol. The summed E-state index contributed by atoms with van der Waals surface area (Å²) in [5.74, 6) is -0.972. The molecule has 0 aliphatic rings. The Kier molecular flexibility index (Phi) is 9.57. The molecule has 0 fully saturated rings. The largest absolute Gasteiger partial charge is 0.481 e. The summed E-state index contributed by atoms with van der Waals surface area (Å²) in [4.78, 5) is 19.3. The van der Waals surface area contributed by atoms with E-state index >= 15 is 0 Å². The van der Waals surface area contributed by atoms with Gasteiger partial charge in [0.25, 0.3) is 0 Å². The van der Waals surface area contributed by atoms with Crippen molar-refractivity contribution in [2.75, 3.05) is 6.61 Å². The molecule has 0 aromatic carbocycles. The second-order valence-electron chi connectivity index (χ2n) is 2.16. The highest BCUT2D eigenvalue weighted by Crippen LogP contribution is 1.87. The number of ether oxygens (including phenoxy) is 1. The number of aliphatic carboxylic acids is 1. The minimum Gasteiger partial charge on any atom is -0.481 e. The maximum Gasteiger partial charge on any atom is 0.403 e. The van der Waals surface area contributed by atoms with Gasteiger partial charge in [0.2, 0.25) is 0 Å². The molecule has 5 heteroatoms. The molecule has 0 saturated carbocycles. The lowest BCUT2D eigenvalue weighted by molar-refractivity contribution is -0.140. The lowest BCUT2D eigenvalue weighted by Gasteiger charge is -1.89. The Labute approximate surface area is 76.5 Å². The van der Waals surface area contributed by atoms with E-state index < -0.39 is 11.4 Å². The van der Waals surface area contributed by atoms with Crippen LogP contribution in [0.1, 0.15) is 20.8 Å². The van der Waals surface area contributed by atoms with E-state index in [2.05, 4.69) is 4.74 Å². The van der Waals surface area contributed by atoms with Crippen LogP contribution in [-0.2, 0) is 9.53 Å². The molecule has 0 radical (unpaired) electrons. The number of rotatable bonds is 2. The fraction of sp³-hybridized carbons (Fsp3) is 0.714. The van der Waals surface area contributed by atoms with Crippen molar-refractivity contribution in [3.8, 4) is 0 Å². The van der Waals surface area contributed by atoms with Crippen molar-refractivity contribution in [2.45, 2.75) is 20.8 Å². The van der Waals surface area contributed by atoms with E-state index in [0.29, 0.717) is 6.61 Å². The zero-order valence-electron chi connectivity index (χ0n) is 7.33. The van der Waals surface area contributed by atoms with E-state index in [1.165, 1.54) is 0 Å². The highest BCUT2D eigenvalue weighted by molar-refractivity contribution is 6.61. The molecule has 0 rings (SSSR count). The molecule has 0 heterocycles. The van der Waals surface area contributed by atoms with Gasteiger partial charge in [0.15, 0.2) is 0 Å². The first-order valence-corrected chi connectivity index (χ1v) is 3.84. The summed E-state index contributed by atoms with van der Waals surface area (Å²) in [5.41, 5.74) is -0.738. The summed E-state index contributed by atoms with van der Waals surface area (Å²) in [5, 5.41) is 7.99. The molecule has 0 amide bonds. The molecule has 0 aliphatic heterocycles. The van der Waals surface area contributed by atoms with Gasteiger partial charge in [-0.3, -0.25) is 4.79 Å². The number of carboxylic acid groups (broad SMARTS) is 1. The van der Waals surface area contributed by atoms with Crippen molar-refractivity contribution in [3.05, 3.63) is 0 Å². The lowest BCUT2D eigenvalue weighted by Crippen LogP contribution is -2.03. The fourth-order valence-electron chi connectivity index (χ4n) is 0.113. The minimum atomic E-state index is -0.741. The van der Waals surface area contributed by atoms with Gasteiger partial charge in [-0.2, -0.15) is 0 Å². The van der Waals surface area contributed by atoms with Crippen molar-refractivity contribution in [3.63, 3.8) is 0 Å². The van der Waals surface area contributed by atoms with Gasteiger partial charge >= 0.3 is 11.4 Å². The van der Waals surface area contributed by atoms with Crippen LogP contribution in [0.3, 0.4) is 0 Å². The van der Waals surface area contributed by atoms with Crippen LogP contribution in [0.5, 0.6) is 0 Å². The number of carboxylic acids is 1. The van der Waals surface area contributed by atoms with Gasteiger partial charge in [0.1, 0.15) is 0 Å². The molecular weight excluding hydrogens is 184 g/mol. The normalized spacial score (nSPS) is 8.42. The highest BCUT2D eigenvalue weighted by atomic mass is 35.5. The lowest BCUT2D eigenvalue weighted by atomic mass is 10.2. The average Bonchev–Trinajstić information content (AvgIpc) is 1.87. The van der Waals surface area contributed by atoms with Crippen molar-refractivity contribution in [1.29, 1.82) is 0 Å². The Balaban J connectivity index is 0. The molecule has 12 heavy (non-hydrogen) atoms. The molecule has 0 aromatic heterocycles. The Morgan fingerprint density at radius 1 is 1.50 bits per heavy atom. The first kappa shape index (κ1) is 13.8. The van der Waals surface area contributed by atoms with Crippen LogP contribution in [0.15, 0.2) is 0 Å². The van der Waals surface area contributed by atoms with Gasteiger partial charge in [-0.05, 0) is 6.92 Å². The van der Waals surface area contributed by atoms with Gasteiger partial charge in [0, 0.05) is 11.6 Å². The maximum absolute atomic E-state index is 9.70. The van der Waals surface area contributed by atoms with Crippen LogP contribution >= 0.6 is 11.6 Å². The first-order valence-electron chi connectivity index (χ1n) is 3.46. The molecule has 1 N–H and O–H groups in total. The van der Waals surface area contributed by atoms with Gasteiger partial charge in [-0.1, -0.05) is 13.8 Å². The van der Waals surface area contributed by atoms with Crippen LogP contribution in [0, 0.1) is 5.92 Å². The first-order chi connectivity index (χ1) is 5.41. The summed E-state index contributed by atoms with van der Waals surface area (Å²) in [7, 11) is 0. The molecule has 0 bridgehead atoms. The van der Waals surface area contributed by atoms with E-state index in [-0.39, 0.29) is 5.92 Å². The van der Waals surface area contributed by atoms with E-state index in [0.717, 1.165) is 0 Å². The molecule has 4 nitrogen and oxygen atoms in total. The fourth-order valence-corrected chi connectivity index (χ4v) is 0.223. The number of hydrogen-bond donors (Lipinski definition) is 1. The van der Waals surface area contributed by atoms with Crippen LogP contribution in [0.25, 0.3) is 0 Å². The monoisotopic (exact) mass is 196 g/mol. The maximum atomic E-state index is 9.70. The second kappa shape index (κ2) is 8.33. The standard InChI is InChI=1S/C4H8O2.C3H5ClO2/c1-3(2)4(5)6;1-2-6-3(4)5/h3H,1-2H3,(H,5,6);2H2,1H3. The van der Waals surface area contributed by atoms with Crippen molar-refractivity contribution in [2.24, 2.45) is 5.92 Å². The predicted octanol–water partition coefficient (Wildman–Crippen LogP) is 2.11. The average molecular weight is 197 g/mol. The van der Waals surface area contributed by atoms with Crippen molar-refractivity contribution >= 4 is 23.0 Å². The molecule has 0 aromatic rings. The van der Waals surface area contributed by atoms with Crippen LogP contribution in [0.4, 0.5) is 4.79 Å².